The topological polar surface area (TPSA) is 9.23 Å². The molecule has 0 saturated heterocycles. The van der Waals surface area contributed by atoms with Crippen LogP contribution in [0.1, 0.15) is 47.9 Å². The summed E-state index contributed by atoms with van der Waals surface area (Å²) in [7, 11) is 0. The summed E-state index contributed by atoms with van der Waals surface area (Å²) in [6.45, 7) is 1.94. The van der Waals surface area contributed by atoms with E-state index in [2.05, 4.69) is 4.74 Å². The van der Waals surface area contributed by atoms with Gasteiger partial charge in [-0.05, 0) is 90.3 Å². The minimum atomic E-state index is -4.80. The van der Waals surface area contributed by atoms with Crippen LogP contribution in [-0.4, -0.2) is 6.36 Å². The minimum absolute atomic E-state index is 0.0465. The molecule has 4 rings (SSSR count). The smallest absolute Gasteiger partial charge is 0.406 e. The van der Waals surface area contributed by atoms with Crippen LogP contribution >= 0.6 is 0 Å². The predicted molar refractivity (Wildman–Crippen MR) is 114 cm³/mol. The molecule has 0 amide bonds. The van der Waals surface area contributed by atoms with Gasteiger partial charge in [-0.3, -0.25) is 0 Å². The first-order chi connectivity index (χ1) is 15.6. The predicted octanol–water partition coefficient (Wildman–Crippen LogP) is 7.89. The van der Waals surface area contributed by atoms with Crippen molar-refractivity contribution in [2.75, 3.05) is 0 Å². The summed E-state index contributed by atoms with van der Waals surface area (Å²) >= 11 is 0. The fourth-order valence-electron chi connectivity index (χ4n) is 4.54. The zero-order valence-corrected chi connectivity index (χ0v) is 17.9. The standard InChI is InChI=1S/C26H22F6O/c1-2-3-15-10-23(28)25(24(29)11-15)18-5-4-17-13-21(22(27)14-19(17)12-18)16-6-8-20(9-7-16)33-26(30,31)32/h6-11,13-14,18H,2-5,12H2,1H3. The van der Waals surface area contributed by atoms with E-state index in [4.69, 9.17) is 0 Å². The molecule has 1 nitrogen and oxygen atoms in total. The lowest BCUT2D eigenvalue weighted by Gasteiger charge is -2.26. The van der Waals surface area contributed by atoms with Crippen LogP contribution in [-0.2, 0) is 19.3 Å². The van der Waals surface area contributed by atoms with E-state index in [1.807, 2.05) is 6.92 Å². The molecule has 0 fully saturated rings. The zero-order valence-electron chi connectivity index (χ0n) is 17.9. The summed E-state index contributed by atoms with van der Waals surface area (Å²) in [5.41, 5.74) is 2.88. The van der Waals surface area contributed by atoms with Crippen molar-refractivity contribution in [3.63, 3.8) is 0 Å². The second-order valence-corrected chi connectivity index (χ2v) is 8.34. The van der Waals surface area contributed by atoms with Crippen molar-refractivity contribution in [3.8, 4) is 16.9 Å². The molecule has 174 valence electrons. The van der Waals surface area contributed by atoms with Crippen LogP contribution in [0.5, 0.6) is 5.75 Å². The highest BCUT2D eigenvalue weighted by atomic mass is 19.4. The Kier molecular flexibility index (Phi) is 6.41. The molecule has 33 heavy (non-hydrogen) atoms. The molecule has 0 bridgehead atoms. The first-order valence-electron chi connectivity index (χ1n) is 10.8. The lowest BCUT2D eigenvalue weighted by Crippen LogP contribution is -2.17. The molecule has 0 radical (unpaired) electrons. The summed E-state index contributed by atoms with van der Waals surface area (Å²) in [5.74, 6) is -2.45. The van der Waals surface area contributed by atoms with E-state index in [-0.39, 0.29) is 16.9 Å². The van der Waals surface area contributed by atoms with Crippen molar-refractivity contribution in [1.82, 2.24) is 0 Å². The van der Waals surface area contributed by atoms with Crippen LogP contribution in [0, 0.1) is 17.5 Å². The fraction of sp³-hybridized carbons (Fsp3) is 0.308. The number of rotatable bonds is 5. The van der Waals surface area contributed by atoms with Gasteiger partial charge in [0.05, 0.1) is 0 Å². The van der Waals surface area contributed by atoms with Crippen molar-refractivity contribution in [1.29, 1.82) is 0 Å². The van der Waals surface area contributed by atoms with Crippen LogP contribution in [0.15, 0.2) is 48.5 Å². The Morgan fingerprint density at radius 2 is 1.55 bits per heavy atom. The van der Waals surface area contributed by atoms with Gasteiger partial charge in [0, 0.05) is 11.1 Å². The largest absolute Gasteiger partial charge is 0.573 e. The number of ether oxygens (including phenoxy) is 1. The van der Waals surface area contributed by atoms with Crippen LogP contribution in [0.25, 0.3) is 11.1 Å². The SMILES string of the molecule is CCCc1cc(F)c(C2CCc3cc(-c4ccc(OC(F)(F)F)cc4)c(F)cc3C2)c(F)c1. The van der Waals surface area contributed by atoms with E-state index in [0.717, 1.165) is 24.1 Å². The van der Waals surface area contributed by atoms with E-state index in [9.17, 15) is 26.3 Å². The van der Waals surface area contributed by atoms with E-state index >= 15 is 0 Å². The van der Waals surface area contributed by atoms with Crippen molar-refractivity contribution < 1.29 is 31.1 Å². The number of hydrogen-bond donors (Lipinski definition) is 0. The normalized spacial score (nSPS) is 15.9. The van der Waals surface area contributed by atoms with Gasteiger partial charge in [0.1, 0.15) is 23.2 Å². The molecule has 7 heteroatoms. The molecule has 1 unspecified atom stereocenters. The third kappa shape index (κ3) is 5.18. The lowest BCUT2D eigenvalue weighted by atomic mass is 9.78. The van der Waals surface area contributed by atoms with Gasteiger partial charge in [0.25, 0.3) is 0 Å². The zero-order chi connectivity index (χ0) is 23.8. The second kappa shape index (κ2) is 9.12. The van der Waals surface area contributed by atoms with Gasteiger partial charge >= 0.3 is 6.36 Å². The molecule has 1 aliphatic carbocycles. The van der Waals surface area contributed by atoms with Gasteiger partial charge in [-0.15, -0.1) is 13.2 Å². The van der Waals surface area contributed by atoms with Crippen LogP contribution in [0.2, 0.25) is 0 Å². The molecule has 1 aliphatic rings. The minimum Gasteiger partial charge on any atom is -0.406 e. The molecule has 0 aliphatic heterocycles. The summed E-state index contributed by atoms with van der Waals surface area (Å²) in [6.07, 6.45) is -2.08. The number of alkyl halides is 3. The Morgan fingerprint density at radius 3 is 2.15 bits per heavy atom. The Balaban J connectivity index is 1.58. The molecule has 1 atom stereocenters. The summed E-state index contributed by atoms with van der Waals surface area (Å²) in [5, 5.41) is 0. The fourth-order valence-corrected chi connectivity index (χ4v) is 4.54. The molecule has 0 saturated carbocycles. The highest BCUT2D eigenvalue weighted by Crippen LogP contribution is 2.38. The quantitative estimate of drug-likeness (QED) is 0.349. The average Bonchev–Trinajstić information content (AvgIpc) is 2.72. The Morgan fingerprint density at radius 1 is 0.879 bits per heavy atom. The third-order valence-corrected chi connectivity index (χ3v) is 6.00. The number of aryl methyl sites for hydroxylation is 2. The highest BCUT2D eigenvalue weighted by Gasteiger charge is 2.31. The van der Waals surface area contributed by atoms with Crippen molar-refractivity contribution in [2.45, 2.75) is 51.3 Å². The first-order valence-corrected chi connectivity index (χ1v) is 10.8. The van der Waals surface area contributed by atoms with Crippen LogP contribution in [0.3, 0.4) is 0 Å². The number of benzene rings is 3. The number of hydrogen-bond acceptors (Lipinski definition) is 1. The molecule has 0 spiro atoms. The monoisotopic (exact) mass is 464 g/mol. The van der Waals surface area contributed by atoms with Gasteiger partial charge in [-0.1, -0.05) is 25.5 Å². The molecule has 0 heterocycles. The van der Waals surface area contributed by atoms with E-state index < -0.39 is 29.7 Å². The third-order valence-electron chi connectivity index (χ3n) is 6.00. The first kappa shape index (κ1) is 23.2. The van der Waals surface area contributed by atoms with Crippen LogP contribution < -0.4 is 4.74 Å². The van der Waals surface area contributed by atoms with E-state index in [1.165, 1.54) is 30.3 Å². The maximum absolute atomic E-state index is 14.9. The molecular weight excluding hydrogens is 442 g/mol. The highest BCUT2D eigenvalue weighted by molar-refractivity contribution is 5.67. The Hall–Kier alpha value is -2.96. The lowest BCUT2D eigenvalue weighted by molar-refractivity contribution is -0.274. The maximum Gasteiger partial charge on any atom is 0.573 e. The average molecular weight is 464 g/mol. The summed E-state index contributed by atoms with van der Waals surface area (Å²) in [6, 6.07) is 10.8. The number of fused-ring (bicyclic) bond motifs is 1. The molecule has 0 aromatic heterocycles. The Labute approximate surface area is 188 Å². The molecule has 3 aromatic carbocycles. The van der Waals surface area contributed by atoms with E-state index in [1.54, 1.807) is 6.07 Å². The van der Waals surface area contributed by atoms with Crippen molar-refractivity contribution in [2.24, 2.45) is 0 Å². The van der Waals surface area contributed by atoms with Crippen molar-refractivity contribution >= 4 is 0 Å². The number of halogens is 6. The molecule has 3 aromatic rings. The van der Waals surface area contributed by atoms with Gasteiger partial charge in [-0.25, -0.2) is 13.2 Å². The second-order valence-electron chi connectivity index (χ2n) is 8.34. The summed E-state index contributed by atoms with van der Waals surface area (Å²) < 4.78 is 85.2. The molecular formula is C26H22F6O. The van der Waals surface area contributed by atoms with Crippen LogP contribution in [0.4, 0.5) is 26.3 Å². The summed E-state index contributed by atoms with van der Waals surface area (Å²) in [4.78, 5) is 0. The van der Waals surface area contributed by atoms with Gasteiger partial charge < -0.3 is 4.74 Å². The van der Waals surface area contributed by atoms with Gasteiger partial charge in [-0.2, -0.15) is 0 Å². The molecule has 0 N–H and O–H groups in total. The Bertz CT molecular complexity index is 1130. The van der Waals surface area contributed by atoms with E-state index in [0.29, 0.717) is 42.4 Å². The maximum atomic E-state index is 14.9. The van der Waals surface area contributed by atoms with Gasteiger partial charge in [0.2, 0.25) is 0 Å². The van der Waals surface area contributed by atoms with Gasteiger partial charge in [0.15, 0.2) is 0 Å². The van der Waals surface area contributed by atoms with Crippen molar-refractivity contribution in [3.05, 3.63) is 88.2 Å².